The third-order valence-electron chi connectivity index (χ3n) is 3.62. The molecule has 5 nitrogen and oxygen atoms in total. The van der Waals surface area contributed by atoms with Gasteiger partial charge in [-0.2, -0.15) is 0 Å². The maximum Gasteiger partial charge on any atom is 0.236 e. The minimum atomic E-state index is -0.569. The van der Waals surface area contributed by atoms with E-state index in [-0.39, 0.29) is 5.91 Å². The minimum absolute atomic E-state index is 0.0751. The van der Waals surface area contributed by atoms with E-state index in [9.17, 15) is 4.79 Å². The quantitative estimate of drug-likeness (QED) is 0.857. The number of nitrogens with two attached hydrogens (primary N) is 1. The van der Waals surface area contributed by atoms with Gasteiger partial charge in [-0.1, -0.05) is 0 Å². The summed E-state index contributed by atoms with van der Waals surface area (Å²) < 4.78 is 10.4. The number of anilines is 1. The first-order chi connectivity index (χ1) is 9.02. The monoisotopic (exact) mass is 264 g/mol. The molecular formula is C14H20N2O3. The van der Waals surface area contributed by atoms with Crippen LogP contribution in [0.3, 0.4) is 0 Å². The van der Waals surface area contributed by atoms with Gasteiger partial charge in [0.2, 0.25) is 5.91 Å². The van der Waals surface area contributed by atoms with Crippen molar-refractivity contribution in [3.05, 3.63) is 23.3 Å². The molecule has 1 saturated heterocycles. The summed E-state index contributed by atoms with van der Waals surface area (Å²) in [5.74, 6) is 0.741. The van der Waals surface area contributed by atoms with Crippen molar-refractivity contribution in [3.8, 4) is 5.75 Å². The van der Waals surface area contributed by atoms with Gasteiger partial charge in [-0.05, 0) is 37.1 Å². The van der Waals surface area contributed by atoms with Crippen LogP contribution in [0.1, 0.15) is 11.1 Å². The van der Waals surface area contributed by atoms with Crippen LogP contribution in [0.4, 0.5) is 5.69 Å². The zero-order chi connectivity index (χ0) is 14.0. The van der Waals surface area contributed by atoms with Gasteiger partial charge in [0, 0.05) is 12.2 Å². The van der Waals surface area contributed by atoms with Gasteiger partial charge >= 0.3 is 0 Å². The lowest BCUT2D eigenvalue weighted by molar-refractivity contribution is -0.153. The lowest BCUT2D eigenvalue weighted by atomic mass is 9.85. The summed E-state index contributed by atoms with van der Waals surface area (Å²) in [6, 6.07) is 3.83. The van der Waals surface area contributed by atoms with E-state index >= 15 is 0 Å². The average Bonchev–Trinajstić information content (AvgIpc) is 2.32. The molecule has 1 aromatic carbocycles. The molecule has 0 unspecified atom stereocenters. The number of hydrogen-bond acceptors (Lipinski definition) is 4. The summed E-state index contributed by atoms with van der Waals surface area (Å²) in [5, 5.41) is 2.94. The third kappa shape index (κ3) is 2.43. The maximum absolute atomic E-state index is 12.3. The van der Waals surface area contributed by atoms with Crippen LogP contribution in [-0.2, 0) is 9.53 Å². The molecule has 0 aromatic heterocycles. The fourth-order valence-electron chi connectivity index (χ4n) is 2.09. The van der Waals surface area contributed by atoms with Gasteiger partial charge in [0.15, 0.2) is 0 Å². The van der Waals surface area contributed by atoms with E-state index in [0.29, 0.717) is 19.8 Å². The minimum Gasteiger partial charge on any atom is -0.496 e. The normalized spacial score (nSPS) is 16.6. The second-order valence-electron chi connectivity index (χ2n) is 5.07. The lowest BCUT2D eigenvalue weighted by Crippen LogP contribution is -2.56. The van der Waals surface area contributed by atoms with Gasteiger partial charge in [-0.15, -0.1) is 0 Å². The number of ether oxygens (including phenoxy) is 2. The molecule has 0 radical (unpaired) electrons. The molecule has 1 aromatic rings. The van der Waals surface area contributed by atoms with Crippen LogP contribution in [0.5, 0.6) is 5.75 Å². The Morgan fingerprint density at radius 2 is 2.11 bits per heavy atom. The molecule has 3 N–H and O–H groups in total. The molecule has 1 aliphatic rings. The first-order valence-corrected chi connectivity index (χ1v) is 6.27. The standard InChI is InChI=1S/C14H20N2O3/c1-9-5-12(18-3)10(2)4-11(9)16-13(17)14(6-15)7-19-8-14/h4-5H,6-8,15H2,1-3H3,(H,16,17). The Morgan fingerprint density at radius 3 is 2.58 bits per heavy atom. The first kappa shape index (κ1) is 13.8. The number of benzene rings is 1. The van der Waals surface area contributed by atoms with Crippen molar-refractivity contribution in [3.63, 3.8) is 0 Å². The third-order valence-corrected chi connectivity index (χ3v) is 3.62. The van der Waals surface area contributed by atoms with Crippen molar-refractivity contribution in [2.45, 2.75) is 13.8 Å². The zero-order valence-corrected chi connectivity index (χ0v) is 11.6. The molecule has 0 atom stereocenters. The van der Waals surface area contributed by atoms with Crippen LogP contribution >= 0.6 is 0 Å². The van der Waals surface area contributed by atoms with Crippen molar-refractivity contribution in [2.75, 3.05) is 32.2 Å². The van der Waals surface area contributed by atoms with E-state index in [0.717, 1.165) is 22.6 Å². The fraction of sp³-hybridized carbons (Fsp3) is 0.500. The Balaban J connectivity index is 2.19. The Bertz CT molecular complexity index is 490. The van der Waals surface area contributed by atoms with Crippen molar-refractivity contribution in [2.24, 2.45) is 11.1 Å². The number of carbonyl (C=O) groups excluding carboxylic acids is 1. The van der Waals surface area contributed by atoms with Crippen LogP contribution in [0.25, 0.3) is 0 Å². The van der Waals surface area contributed by atoms with Gasteiger partial charge in [-0.3, -0.25) is 4.79 Å². The Kier molecular flexibility index (Phi) is 3.78. The van der Waals surface area contributed by atoms with Crippen molar-refractivity contribution >= 4 is 11.6 Å². The molecule has 19 heavy (non-hydrogen) atoms. The van der Waals surface area contributed by atoms with Gasteiger partial charge in [-0.25, -0.2) is 0 Å². The van der Waals surface area contributed by atoms with E-state index in [2.05, 4.69) is 5.32 Å². The molecule has 1 fully saturated rings. The van der Waals surface area contributed by atoms with Crippen LogP contribution in [0.2, 0.25) is 0 Å². The number of carbonyl (C=O) groups is 1. The van der Waals surface area contributed by atoms with Crippen LogP contribution in [-0.4, -0.2) is 32.8 Å². The van der Waals surface area contributed by atoms with E-state index in [1.165, 1.54) is 0 Å². The van der Waals surface area contributed by atoms with Crippen LogP contribution < -0.4 is 15.8 Å². The summed E-state index contributed by atoms with van der Waals surface area (Å²) >= 11 is 0. The Morgan fingerprint density at radius 1 is 1.42 bits per heavy atom. The van der Waals surface area contributed by atoms with Crippen molar-refractivity contribution in [1.29, 1.82) is 0 Å². The number of nitrogens with one attached hydrogen (secondary N) is 1. The highest BCUT2D eigenvalue weighted by Crippen LogP contribution is 2.30. The second kappa shape index (κ2) is 5.19. The highest BCUT2D eigenvalue weighted by Gasteiger charge is 2.44. The molecule has 0 saturated carbocycles. The average molecular weight is 264 g/mol. The number of methoxy groups -OCH3 is 1. The van der Waals surface area contributed by atoms with Crippen LogP contribution in [0.15, 0.2) is 12.1 Å². The highest BCUT2D eigenvalue weighted by molar-refractivity contribution is 5.97. The first-order valence-electron chi connectivity index (χ1n) is 6.27. The summed E-state index contributed by atoms with van der Waals surface area (Å²) in [4.78, 5) is 12.3. The lowest BCUT2D eigenvalue weighted by Gasteiger charge is -2.38. The van der Waals surface area contributed by atoms with Gasteiger partial charge in [0.1, 0.15) is 11.2 Å². The summed E-state index contributed by atoms with van der Waals surface area (Å²) in [6.45, 7) is 4.96. The van der Waals surface area contributed by atoms with E-state index in [4.69, 9.17) is 15.2 Å². The van der Waals surface area contributed by atoms with E-state index in [1.807, 2.05) is 26.0 Å². The summed E-state index contributed by atoms with van der Waals surface area (Å²) in [7, 11) is 1.63. The number of aryl methyl sites for hydroxylation is 2. The molecule has 5 heteroatoms. The second-order valence-corrected chi connectivity index (χ2v) is 5.07. The zero-order valence-electron chi connectivity index (χ0n) is 11.6. The summed E-state index contributed by atoms with van der Waals surface area (Å²) in [6.07, 6.45) is 0. The number of rotatable bonds is 4. The Labute approximate surface area is 113 Å². The van der Waals surface area contributed by atoms with Gasteiger partial charge in [0.05, 0.1) is 20.3 Å². The molecule has 0 aliphatic carbocycles. The van der Waals surface area contributed by atoms with E-state index < -0.39 is 5.41 Å². The molecule has 2 rings (SSSR count). The predicted molar refractivity (Wildman–Crippen MR) is 73.4 cm³/mol. The fourth-order valence-corrected chi connectivity index (χ4v) is 2.09. The molecule has 0 bridgehead atoms. The molecule has 104 valence electrons. The molecule has 1 heterocycles. The molecule has 1 amide bonds. The van der Waals surface area contributed by atoms with Crippen molar-refractivity contribution < 1.29 is 14.3 Å². The number of hydrogen-bond donors (Lipinski definition) is 2. The predicted octanol–water partition coefficient (Wildman–Crippen LogP) is 1.23. The van der Waals surface area contributed by atoms with Crippen molar-refractivity contribution in [1.82, 2.24) is 0 Å². The Hall–Kier alpha value is -1.59. The molecule has 0 spiro atoms. The van der Waals surface area contributed by atoms with E-state index in [1.54, 1.807) is 7.11 Å². The van der Waals surface area contributed by atoms with Gasteiger partial charge in [0.25, 0.3) is 0 Å². The topological polar surface area (TPSA) is 73.6 Å². The SMILES string of the molecule is COc1cc(C)c(NC(=O)C2(CN)COC2)cc1C. The largest absolute Gasteiger partial charge is 0.496 e. The molecule has 1 aliphatic heterocycles. The smallest absolute Gasteiger partial charge is 0.236 e. The number of amides is 1. The molecular weight excluding hydrogens is 244 g/mol. The highest BCUT2D eigenvalue weighted by atomic mass is 16.5. The summed E-state index contributed by atoms with van der Waals surface area (Å²) in [5.41, 5.74) is 7.84. The van der Waals surface area contributed by atoms with Crippen LogP contribution in [0, 0.1) is 19.3 Å². The maximum atomic E-state index is 12.3. The van der Waals surface area contributed by atoms with Gasteiger partial charge < -0.3 is 20.5 Å².